The zero-order valence-corrected chi connectivity index (χ0v) is 14.9. The summed E-state index contributed by atoms with van der Waals surface area (Å²) >= 11 is 0. The minimum atomic E-state index is 0.207. The van der Waals surface area contributed by atoms with Gasteiger partial charge in [0.05, 0.1) is 33.8 Å². The van der Waals surface area contributed by atoms with Gasteiger partial charge in [-0.25, -0.2) is 0 Å². The number of fused-ring (bicyclic) bond motifs is 1. The number of rotatable bonds is 5. The first-order valence-electron chi connectivity index (χ1n) is 7.76. The SMILES string of the molecule is COc1ccc(-c2oc3cc(OC)cc(OC)c3/c(=N\O)c2OC)cc1. The fourth-order valence-corrected chi connectivity index (χ4v) is 2.75. The molecule has 7 nitrogen and oxygen atoms in total. The second kappa shape index (κ2) is 7.26. The Kier molecular flexibility index (Phi) is 4.88. The molecule has 3 aromatic rings. The lowest BCUT2D eigenvalue weighted by atomic mass is 10.1. The number of nitrogens with zero attached hydrogens (tertiary/aromatic N) is 1. The lowest BCUT2D eigenvalue weighted by Gasteiger charge is -2.13. The fraction of sp³-hybridized carbons (Fsp3) is 0.211. The van der Waals surface area contributed by atoms with Gasteiger partial charge in [-0.1, -0.05) is 5.16 Å². The predicted octanol–water partition coefficient (Wildman–Crippen LogP) is 3.42. The highest BCUT2D eigenvalue weighted by Gasteiger charge is 2.20. The second-order valence-electron chi connectivity index (χ2n) is 5.34. The molecule has 3 rings (SSSR count). The van der Waals surface area contributed by atoms with Crippen molar-refractivity contribution in [3.8, 4) is 34.3 Å². The van der Waals surface area contributed by atoms with Crippen molar-refractivity contribution in [3.05, 3.63) is 41.8 Å². The lowest BCUT2D eigenvalue weighted by Crippen LogP contribution is -2.11. The van der Waals surface area contributed by atoms with E-state index in [-0.39, 0.29) is 11.1 Å². The maximum Gasteiger partial charge on any atom is 0.192 e. The van der Waals surface area contributed by atoms with Crippen LogP contribution in [0.1, 0.15) is 0 Å². The van der Waals surface area contributed by atoms with E-state index in [9.17, 15) is 5.21 Å². The summed E-state index contributed by atoms with van der Waals surface area (Å²) in [5, 5.41) is 13.8. The number of ether oxygens (including phenoxy) is 4. The molecule has 0 aliphatic heterocycles. The van der Waals surface area contributed by atoms with Crippen LogP contribution in [0.5, 0.6) is 23.0 Å². The number of methoxy groups -OCH3 is 4. The Labute approximate surface area is 150 Å². The third kappa shape index (κ3) is 2.88. The quantitative estimate of drug-likeness (QED) is 0.556. The first kappa shape index (κ1) is 17.5. The molecule has 0 saturated heterocycles. The Bertz CT molecular complexity index is 992. The maximum absolute atomic E-state index is 9.64. The molecular weight excluding hydrogens is 338 g/mol. The Hall–Kier alpha value is -3.35. The molecule has 0 fully saturated rings. The standard InChI is InChI=1S/C19H19NO6/c1-22-12-7-5-11(6-8-12)18-19(25-4)17(20-21)16-14(24-3)9-13(23-2)10-15(16)26-18/h5-10,21H,1-4H3/b20-17+. The van der Waals surface area contributed by atoms with Crippen molar-refractivity contribution in [2.75, 3.05) is 28.4 Å². The van der Waals surface area contributed by atoms with Gasteiger partial charge in [0, 0.05) is 17.7 Å². The summed E-state index contributed by atoms with van der Waals surface area (Å²) in [4.78, 5) is 0. The average molecular weight is 357 g/mol. The van der Waals surface area contributed by atoms with Crippen molar-refractivity contribution < 1.29 is 28.6 Å². The molecule has 0 aliphatic rings. The van der Waals surface area contributed by atoms with E-state index in [1.165, 1.54) is 14.2 Å². The molecule has 0 amide bonds. The van der Waals surface area contributed by atoms with Gasteiger partial charge >= 0.3 is 0 Å². The van der Waals surface area contributed by atoms with Crippen LogP contribution in [0.25, 0.3) is 22.3 Å². The van der Waals surface area contributed by atoms with Crippen LogP contribution >= 0.6 is 0 Å². The Balaban J connectivity index is 2.39. The molecule has 2 aromatic carbocycles. The van der Waals surface area contributed by atoms with E-state index in [1.54, 1.807) is 38.5 Å². The van der Waals surface area contributed by atoms with Gasteiger partial charge in [0.15, 0.2) is 16.9 Å². The number of hydrogen-bond donors (Lipinski definition) is 1. The predicted molar refractivity (Wildman–Crippen MR) is 95.2 cm³/mol. The van der Waals surface area contributed by atoms with Crippen LogP contribution < -0.4 is 24.3 Å². The molecule has 136 valence electrons. The highest BCUT2D eigenvalue weighted by atomic mass is 16.5. The fourth-order valence-electron chi connectivity index (χ4n) is 2.75. The first-order chi connectivity index (χ1) is 12.7. The van der Waals surface area contributed by atoms with Gasteiger partial charge in [0.1, 0.15) is 22.8 Å². The van der Waals surface area contributed by atoms with Crippen LogP contribution in [-0.4, -0.2) is 33.6 Å². The molecule has 26 heavy (non-hydrogen) atoms. The van der Waals surface area contributed by atoms with Crippen molar-refractivity contribution in [2.45, 2.75) is 0 Å². The maximum atomic E-state index is 9.64. The highest BCUT2D eigenvalue weighted by molar-refractivity contribution is 5.88. The zero-order valence-electron chi connectivity index (χ0n) is 14.9. The largest absolute Gasteiger partial charge is 0.497 e. The van der Waals surface area contributed by atoms with Gasteiger partial charge in [-0.3, -0.25) is 0 Å². The van der Waals surface area contributed by atoms with Crippen LogP contribution in [0.2, 0.25) is 0 Å². The van der Waals surface area contributed by atoms with E-state index in [0.29, 0.717) is 34.0 Å². The Morgan fingerprint density at radius 3 is 2.08 bits per heavy atom. The summed E-state index contributed by atoms with van der Waals surface area (Å²) in [6, 6.07) is 10.6. The summed E-state index contributed by atoms with van der Waals surface area (Å²) in [6.45, 7) is 0. The second-order valence-corrected chi connectivity index (χ2v) is 5.34. The molecule has 0 spiro atoms. The van der Waals surface area contributed by atoms with Crippen molar-refractivity contribution in [3.63, 3.8) is 0 Å². The van der Waals surface area contributed by atoms with Crippen LogP contribution in [0, 0.1) is 0 Å². The molecule has 1 heterocycles. The molecule has 1 N–H and O–H groups in total. The van der Waals surface area contributed by atoms with Crippen LogP contribution in [-0.2, 0) is 0 Å². The minimum Gasteiger partial charge on any atom is -0.497 e. The van der Waals surface area contributed by atoms with E-state index < -0.39 is 0 Å². The van der Waals surface area contributed by atoms with Gasteiger partial charge < -0.3 is 28.6 Å². The van der Waals surface area contributed by atoms with Gasteiger partial charge in [-0.2, -0.15) is 0 Å². The van der Waals surface area contributed by atoms with E-state index in [1.807, 2.05) is 12.1 Å². The van der Waals surface area contributed by atoms with Gasteiger partial charge in [0.2, 0.25) is 0 Å². The molecular formula is C19H19NO6. The zero-order chi connectivity index (χ0) is 18.7. The van der Waals surface area contributed by atoms with E-state index in [0.717, 1.165) is 5.56 Å². The molecule has 1 aromatic heterocycles. The average Bonchev–Trinajstić information content (AvgIpc) is 2.71. The molecule has 7 heteroatoms. The van der Waals surface area contributed by atoms with E-state index in [4.69, 9.17) is 23.4 Å². The topological polar surface area (TPSA) is 82.7 Å². The van der Waals surface area contributed by atoms with Gasteiger partial charge in [-0.05, 0) is 24.3 Å². The normalized spacial score (nSPS) is 11.5. The Morgan fingerprint density at radius 1 is 0.846 bits per heavy atom. The third-order valence-electron chi connectivity index (χ3n) is 4.02. The minimum absolute atomic E-state index is 0.207. The monoisotopic (exact) mass is 357 g/mol. The molecule has 0 bridgehead atoms. The summed E-state index contributed by atoms with van der Waals surface area (Å²) in [7, 11) is 6.14. The molecule has 0 unspecified atom stereocenters. The van der Waals surface area contributed by atoms with E-state index >= 15 is 0 Å². The third-order valence-corrected chi connectivity index (χ3v) is 4.02. The van der Waals surface area contributed by atoms with Crippen molar-refractivity contribution >= 4 is 11.0 Å². The van der Waals surface area contributed by atoms with Gasteiger partial charge in [0.25, 0.3) is 0 Å². The van der Waals surface area contributed by atoms with Crippen LogP contribution in [0.3, 0.4) is 0 Å². The summed E-state index contributed by atoms with van der Waals surface area (Å²) in [5.74, 6) is 2.40. The van der Waals surface area contributed by atoms with Crippen molar-refractivity contribution in [1.29, 1.82) is 0 Å². The van der Waals surface area contributed by atoms with E-state index in [2.05, 4.69) is 5.16 Å². The number of benzene rings is 2. The Morgan fingerprint density at radius 2 is 1.54 bits per heavy atom. The molecule has 0 atom stereocenters. The summed E-state index contributed by atoms with van der Waals surface area (Å²) in [6.07, 6.45) is 0. The van der Waals surface area contributed by atoms with Gasteiger partial charge in [-0.15, -0.1) is 0 Å². The molecule has 0 saturated carbocycles. The summed E-state index contributed by atoms with van der Waals surface area (Å²) < 4.78 is 27.4. The summed E-state index contributed by atoms with van der Waals surface area (Å²) in [5.41, 5.74) is 1.16. The van der Waals surface area contributed by atoms with Crippen molar-refractivity contribution in [1.82, 2.24) is 0 Å². The lowest BCUT2D eigenvalue weighted by molar-refractivity contribution is 0.294. The smallest absolute Gasteiger partial charge is 0.192 e. The first-order valence-corrected chi connectivity index (χ1v) is 7.76. The highest BCUT2D eigenvalue weighted by Crippen LogP contribution is 2.36. The number of hydrogen-bond acceptors (Lipinski definition) is 7. The van der Waals surface area contributed by atoms with Crippen LogP contribution in [0.4, 0.5) is 0 Å². The van der Waals surface area contributed by atoms with Crippen molar-refractivity contribution in [2.24, 2.45) is 5.16 Å². The molecule has 0 aliphatic carbocycles. The molecule has 0 radical (unpaired) electrons. The van der Waals surface area contributed by atoms with Crippen LogP contribution in [0.15, 0.2) is 46.0 Å².